The molecule has 0 N–H and O–H groups in total. The van der Waals surface area contributed by atoms with E-state index < -0.39 is 11.9 Å². The van der Waals surface area contributed by atoms with Crippen molar-refractivity contribution in [2.75, 3.05) is 13.7 Å². The van der Waals surface area contributed by atoms with E-state index in [1.165, 1.54) is 14.0 Å². The van der Waals surface area contributed by atoms with Crippen molar-refractivity contribution < 1.29 is 19.1 Å². The molecular weight excluding hydrogens is 196 g/mol. The average Bonchev–Trinajstić information content (AvgIpc) is 2.23. The van der Waals surface area contributed by atoms with Crippen molar-refractivity contribution in [1.82, 2.24) is 0 Å². The Kier molecular flexibility index (Phi) is 7.32. The summed E-state index contributed by atoms with van der Waals surface area (Å²) >= 11 is 0. The Hall–Kier alpha value is -1.32. The Morgan fingerprint density at radius 2 is 1.93 bits per heavy atom. The number of unbranched alkanes of at least 4 members (excludes halogenated alkanes) is 2. The van der Waals surface area contributed by atoms with Crippen LogP contribution < -0.4 is 0 Å². The molecule has 0 heterocycles. The van der Waals surface area contributed by atoms with E-state index >= 15 is 0 Å². The zero-order valence-electron chi connectivity index (χ0n) is 9.54. The standard InChI is InChI=1S/C11H18O4/c1-4-5-6-7-15-11(13)9(2)8-10(12)14-3/h8H,4-7H2,1-3H3/b9-8+. The third-order valence-electron chi connectivity index (χ3n) is 1.84. The Labute approximate surface area is 90.2 Å². The molecule has 4 heteroatoms. The fourth-order valence-corrected chi connectivity index (χ4v) is 0.925. The third kappa shape index (κ3) is 6.71. The van der Waals surface area contributed by atoms with Gasteiger partial charge in [-0.05, 0) is 13.3 Å². The smallest absolute Gasteiger partial charge is 0.333 e. The molecule has 0 saturated carbocycles. The molecule has 0 aromatic heterocycles. The van der Waals surface area contributed by atoms with Gasteiger partial charge in [0.1, 0.15) is 0 Å². The fourth-order valence-electron chi connectivity index (χ4n) is 0.925. The second-order valence-corrected chi connectivity index (χ2v) is 3.19. The summed E-state index contributed by atoms with van der Waals surface area (Å²) in [6, 6.07) is 0. The summed E-state index contributed by atoms with van der Waals surface area (Å²) in [4.78, 5) is 22.1. The molecule has 0 aliphatic rings. The van der Waals surface area contributed by atoms with Crippen LogP contribution in [-0.4, -0.2) is 25.7 Å². The monoisotopic (exact) mass is 214 g/mol. The molecule has 15 heavy (non-hydrogen) atoms. The van der Waals surface area contributed by atoms with Crippen molar-refractivity contribution in [3.63, 3.8) is 0 Å². The summed E-state index contributed by atoms with van der Waals surface area (Å²) in [6.45, 7) is 4.00. The number of carbonyl (C=O) groups is 2. The second-order valence-electron chi connectivity index (χ2n) is 3.19. The summed E-state index contributed by atoms with van der Waals surface area (Å²) in [5.74, 6) is -1.01. The molecule has 0 aromatic carbocycles. The lowest BCUT2D eigenvalue weighted by Crippen LogP contribution is -2.09. The van der Waals surface area contributed by atoms with E-state index in [0.717, 1.165) is 25.3 Å². The van der Waals surface area contributed by atoms with Gasteiger partial charge in [0.05, 0.1) is 13.7 Å². The van der Waals surface area contributed by atoms with Gasteiger partial charge in [0, 0.05) is 11.6 Å². The molecule has 0 aromatic rings. The van der Waals surface area contributed by atoms with Gasteiger partial charge in [-0.1, -0.05) is 19.8 Å². The van der Waals surface area contributed by atoms with Crippen molar-refractivity contribution in [2.45, 2.75) is 33.1 Å². The first-order chi connectivity index (χ1) is 7.11. The average molecular weight is 214 g/mol. The van der Waals surface area contributed by atoms with Crippen molar-refractivity contribution >= 4 is 11.9 Å². The molecule has 0 rings (SSSR count). The largest absolute Gasteiger partial charge is 0.466 e. The van der Waals surface area contributed by atoms with Crippen molar-refractivity contribution in [3.05, 3.63) is 11.6 Å². The molecule has 0 fully saturated rings. The van der Waals surface area contributed by atoms with Gasteiger partial charge < -0.3 is 9.47 Å². The molecule has 0 aliphatic carbocycles. The lowest BCUT2D eigenvalue weighted by Gasteiger charge is -2.03. The van der Waals surface area contributed by atoms with Gasteiger partial charge in [0.15, 0.2) is 0 Å². The maximum Gasteiger partial charge on any atom is 0.333 e. The van der Waals surface area contributed by atoms with Crippen molar-refractivity contribution in [1.29, 1.82) is 0 Å². The lowest BCUT2D eigenvalue weighted by molar-refractivity contribution is -0.140. The number of hydrogen-bond acceptors (Lipinski definition) is 4. The van der Waals surface area contributed by atoms with Gasteiger partial charge in [0.25, 0.3) is 0 Å². The lowest BCUT2D eigenvalue weighted by atomic mass is 10.2. The van der Waals surface area contributed by atoms with E-state index in [4.69, 9.17) is 4.74 Å². The van der Waals surface area contributed by atoms with Crippen LogP contribution in [0, 0.1) is 0 Å². The van der Waals surface area contributed by atoms with E-state index in [-0.39, 0.29) is 5.57 Å². The normalized spacial score (nSPS) is 11.0. The highest BCUT2D eigenvalue weighted by atomic mass is 16.5. The number of hydrogen-bond donors (Lipinski definition) is 0. The number of rotatable bonds is 6. The molecule has 0 bridgehead atoms. The molecule has 86 valence electrons. The van der Waals surface area contributed by atoms with Crippen LogP contribution in [0.3, 0.4) is 0 Å². The quantitative estimate of drug-likeness (QED) is 0.384. The summed E-state index contributed by atoms with van der Waals surface area (Å²) in [6.07, 6.45) is 4.09. The molecule has 0 saturated heterocycles. The van der Waals surface area contributed by atoms with Gasteiger partial charge in [-0.25, -0.2) is 9.59 Å². The maximum atomic E-state index is 11.3. The first-order valence-electron chi connectivity index (χ1n) is 5.05. The number of esters is 2. The second kappa shape index (κ2) is 8.03. The minimum atomic E-state index is -0.544. The van der Waals surface area contributed by atoms with Crippen LogP contribution >= 0.6 is 0 Å². The van der Waals surface area contributed by atoms with Crippen LogP contribution in [0.2, 0.25) is 0 Å². The first kappa shape index (κ1) is 13.7. The zero-order chi connectivity index (χ0) is 11.7. The predicted octanol–water partition coefficient (Wildman–Crippen LogP) is 1.84. The summed E-state index contributed by atoms with van der Waals surface area (Å²) < 4.78 is 9.33. The zero-order valence-corrected chi connectivity index (χ0v) is 9.54. The Balaban J connectivity index is 3.89. The van der Waals surface area contributed by atoms with Gasteiger partial charge in [0.2, 0.25) is 0 Å². The van der Waals surface area contributed by atoms with Gasteiger partial charge in [-0.15, -0.1) is 0 Å². The molecule has 0 unspecified atom stereocenters. The van der Waals surface area contributed by atoms with E-state index in [1.807, 2.05) is 0 Å². The van der Waals surface area contributed by atoms with Gasteiger partial charge in [-0.3, -0.25) is 0 Å². The first-order valence-corrected chi connectivity index (χ1v) is 5.05. The van der Waals surface area contributed by atoms with Crippen LogP contribution in [0.1, 0.15) is 33.1 Å². The summed E-state index contributed by atoms with van der Waals surface area (Å²) in [5.41, 5.74) is 0.262. The van der Waals surface area contributed by atoms with Crippen LogP contribution in [0.5, 0.6) is 0 Å². The third-order valence-corrected chi connectivity index (χ3v) is 1.84. The molecule has 4 nitrogen and oxygen atoms in total. The Morgan fingerprint density at radius 1 is 1.27 bits per heavy atom. The Morgan fingerprint density at radius 3 is 2.47 bits per heavy atom. The minimum Gasteiger partial charge on any atom is -0.466 e. The minimum absolute atomic E-state index is 0.262. The van der Waals surface area contributed by atoms with E-state index in [0.29, 0.717) is 6.61 Å². The highest BCUT2D eigenvalue weighted by Gasteiger charge is 2.07. The number of carbonyl (C=O) groups excluding carboxylic acids is 2. The van der Waals surface area contributed by atoms with Crippen molar-refractivity contribution in [2.24, 2.45) is 0 Å². The van der Waals surface area contributed by atoms with E-state index in [2.05, 4.69) is 11.7 Å². The summed E-state index contributed by atoms with van der Waals surface area (Å²) in [7, 11) is 1.26. The van der Waals surface area contributed by atoms with Crippen LogP contribution in [0.15, 0.2) is 11.6 Å². The van der Waals surface area contributed by atoms with Gasteiger partial charge >= 0.3 is 11.9 Å². The van der Waals surface area contributed by atoms with Crippen molar-refractivity contribution in [3.8, 4) is 0 Å². The predicted molar refractivity (Wildman–Crippen MR) is 56.3 cm³/mol. The van der Waals surface area contributed by atoms with Crippen LogP contribution in [0.4, 0.5) is 0 Å². The maximum absolute atomic E-state index is 11.3. The summed E-state index contributed by atoms with van der Waals surface area (Å²) in [5, 5.41) is 0. The molecular formula is C11H18O4. The number of ether oxygens (including phenoxy) is 2. The molecule has 0 atom stereocenters. The Bertz CT molecular complexity index is 243. The van der Waals surface area contributed by atoms with Crippen LogP contribution in [0.25, 0.3) is 0 Å². The molecule has 0 amide bonds. The van der Waals surface area contributed by atoms with E-state index in [1.54, 1.807) is 0 Å². The van der Waals surface area contributed by atoms with Crippen LogP contribution in [-0.2, 0) is 19.1 Å². The molecule has 0 spiro atoms. The molecule has 0 aliphatic heterocycles. The highest BCUT2D eigenvalue weighted by Crippen LogP contribution is 2.00. The SMILES string of the molecule is CCCCCOC(=O)/C(C)=C/C(=O)OC. The highest BCUT2D eigenvalue weighted by molar-refractivity contribution is 5.95. The molecule has 0 radical (unpaired) electrons. The number of methoxy groups -OCH3 is 1. The fraction of sp³-hybridized carbons (Fsp3) is 0.636. The van der Waals surface area contributed by atoms with E-state index in [9.17, 15) is 9.59 Å². The van der Waals surface area contributed by atoms with Gasteiger partial charge in [-0.2, -0.15) is 0 Å². The topological polar surface area (TPSA) is 52.6 Å².